The fourth-order valence-corrected chi connectivity index (χ4v) is 2.34. The average molecular weight is 245 g/mol. The van der Waals surface area contributed by atoms with Gasteiger partial charge in [-0.2, -0.15) is 0 Å². The Morgan fingerprint density at radius 1 is 1.07 bits per heavy atom. The topological polar surface area (TPSA) is 37.4 Å². The second kappa shape index (κ2) is 3.84. The van der Waals surface area contributed by atoms with E-state index in [0.717, 1.165) is 7.05 Å². The quantitative estimate of drug-likeness (QED) is 0.693. The first-order valence-electron chi connectivity index (χ1n) is 3.73. The van der Waals surface area contributed by atoms with E-state index in [9.17, 15) is 26.0 Å². The Morgan fingerprint density at radius 3 is 1.67 bits per heavy atom. The highest BCUT2D eigenvalue weighted by Gasteiger charge is 2.31. The van der Waals surface area contributed by atoms with Crippen molar-refractivity contribution in [2.75, 3.05) is 7.05 Å². The lowest BCUT2D eigenvalue weighted by atomic mass is 10.3. The average Bonchev–Trinajstić information content (AvgIpc) is 2.07. The van der Waals surface area contributed by atoms with Crippen molar-refractivity contribution in [1.29, 1.82) is 0 Å². The number of halogens is 4. The van der Waals surface area contributed by atoms with Crippen molar-refractivity contribution in [2.45, 2.75) is 12.9 Å². The molecule has 0 aliphatic carbocycles. The first-order valence-corrected chi connectivity index (χ1v) is 5.34. The van der Waals surface area contributed by atoms with Crippen LogP contribution in [0.5, 0.6) is 0 Å². The van der Waals surface area contributed by atoms with E-state index in [-0.39, 0.29) is 10.8 Å². The SMILES string of the molecule is CN1C(C(F)F)=CS(=O)(=O)C=C1C(F)F. The van der Waals surface area contributed by atoms with Crippen LogP contribution in [0.3, 0.4) is 0 Å². The predicted molar refractivity (Wildman–Crippen MR) is 44.9 cm³/mol. The van der Waals surface area contributed by atoms with Crippen LogP contribution in [0.4, 0.5) is 17.6 Å². The van der Waals surface area contributed by atoms with Crippen molar-refractivity contribution in [2.24, 2.45) is 0 Å². The Labute approximate surface area is 83.6 Å². The van der Waals surface area contributed by atoms with Crippen LogP contribution in [-0.2, 0) is 9.84 Å². The molecule has 1 aliphatic rings. The molecule has 0 saturated heterocycles. The van der Waals surface area contributed by atoms with Gasteiger partial charge in [0.2, 0.25) is 0 Å². The number of sulfone groups is 1. The van der Waals surface area contributed by atoms with Crippen LogP contribution >= 0.6 is 0 Å². The maximum absolute atomic E-state index is 12.3. The maximum Gasteiger partial charge on any atom is 0.279 e. The van der Waals surface area contributed by atoms with Gasteiger partial charge in [-0.15, -0.1) is 0 Å². The summed E-state index contributed by atoms with van der Waals surface area (Å²) in [5, 5.41) is 0.563. The smallest absolute Gasteiger partial charge is 0.279 e. The lowest BCUT2D eigenvalue weighted by Crippen LogP contribution is -2.29. The van der Waals surface area contributed by atoms with Gasteiger partial charge in [-0.3, -0.25) is 0 Å². The molecule has 1 heterocycles. The number of hydrogen-bond donors (Lipinski definition) is 0. The Hall–Kier alpha value is -1.05. The third-order valence-electron chi connectivity index (χ3n) is 1.79. The molecule has 0 bridgehead atoms. The summed E-state index contributed by atoms with van der Waals surface area (Å²) < 4.78 is 71.2. The summed E-state index contributed by atoms with van der Waals surface area (Å²) in [5.74, 6) is 0. The highest BCUT2D eigenvalue weighted by atomic mass is 32.2. The van der Waals surface area contributed by atoms with Gasteiger partial charge in [0.1, 0.15) is 0 Å². The van der Waals surface area contributed by atoms with Crippen LogP contribution in [0.15, 0.2) is 22.2 Å². The molecule has 0 saturated carbocycles. The Balaban J connectivity index is 3.23. The molecule has 1 rings (SSSR count). The molecule has 0 radical (unpaired) electrons. The molecular formula is C7H7F4NO2S. The number of allylic oxidation sites excluding steroid dienone is 2. The molecule has 0 fully saturated rings. The number of hydrogen-bond acceptors (Lipinski definition) is 3. The molecular weight excluding hydrogens is 238 g/mol. The van der Waals surface area contributed by atoms with Crippen molar-refractivity contribution in [1.82, 2.24) is 4.90 Å². The highest BCUT2D eigenvalue weighted by Crippen LogP contribution is 2.28. The van der Waals surface area contributed by atoms with Crippen molar-refractivity contribution < 1.29 is 26.0 Å². The molecule has 0 N–H and O–H groups in total. The van der Waals surface area contributed by atoms with Gasteiger partial charge in [0.05, 0.1) is 22.2 Å². The molecule has 0 aromatic heterocycles. The van der Waals surface area contributed by atoms with E-state index in [4.69, 9.17) is 0 Å². The van der Waals surface area contributed by atoms with Gasteiger partial charge in [0.15, 0.2) is 9.84 Å². The molecule has 0 atom stereocenters. The summed E-state index contributed by atoms with van der Waals surface area (Å²) in [6, 6.07) is 0. The second-order valence-corrected chi connectivity index (χ2v) is 4.48. The zero-order chi connectivity index (χ0) is 11.8. The normalized spacial score (nSPS) is 20.6. The zero-order valence-corrected chi connectivity index (χ0v) is 8.31. The monoisotopic (exact) mass is 245 g/mol. The fraction of sp³-hybridized carbons (Fsp3) is 0.429. The van der Waals surface area contributed by atoms with Gasteiger partial charge in [0.25, 0.3) is 12.9 Å². The maximum atomic E-state index is 12.3. The van der Waals surface area contributed by atoms with E-state index in [1.54, 1.807) is 0 Å². The predicted octanol–water partition coefficient (Wildman–Crippen LogP) is 1.56. The highest BCUT2D eigenvalue weighted by molar-refractivity contribution is 7.97. The summed E-state index contributed by atoms with van der Waals surface area (Å²) >= 11 is 0. The van der Waals surface area contributed by atoms with E-state index >= 15 is 0 Å². The van der Waals surface area contributed by atoms with Gasteiger partial charge in [0, 0.05) is 7.05 Å². The fourth-order valence-electron chi connectivity index (χ4n) is 1.07. The van der Waals surface area contributed by atoms with Crippen LogP contribution in [0.1, 0.15) is 0 Å². The summed E-state index contributed by atoms with van der Waals surface area (Å²) in [6.45, 7) is 0. The molecule has 86 valence electrons. The zero-order valence-electron chi connectivity index (χ0n) is 7.49. The van der Waals surface area contributed by atoms with Gasteiger partial charge < -0.3 is 4.90 Å². The van der Waals surface area contributed by atoms with E-state index in [0.29, 0.717) is 4.90 Å². The van der Waals surface area contributed by atoms with Gasteiger partial charge >= 0.3 is 0 Å². The first-order chi connectivity index (χ1) is 6.74. The minimum absolute atomic E-state index is 0.281. The number of nitrogens with zero attached hydrogens (tertiary/aromatic N) is 1. The molecule has 0 unspecified atom stereocenters. The number of alkyl halides is 4. The minimum Gasteiger partial charge on any atom is -0.341 e. The Bertz CT molecular complexity index is 381. The lowest BCUT2D eigenvalue weighted by Gasteiger charge is -2.26. The van der Waals surface area contributed by atoms with Crippen LogP contribution in [0.25, 0.3) is 0 Å². The largest absolute Gasteiger partial charge is 0.341 e. The van der Waals surface area contributed by atoms with E-state index in [2.05, 4.69) is 0 Å². The van der Waals surface area contributed by atoms with Crippen molar-refractivity contribution in [3.63, 3.8) is 0 Å². The standard InChI is InChI=1S/C7H7F4NO2S/c1-12-4(6(8)9)2-15(13,14)3-5(12)7(10)11/h2-3,6-7H,1H3. The Morgan fingerprint density at radius 2 is 1.40 bits per heavy atom. The van der Waals surface area contributed by atoms with Gasteiger partial charge in [-0.05, 0) is 0 Å². The van der Waals surface area contributed by atoms with Crippen molar-refractivity contribution >= 4 is 9.84 Å². The summed E-state index contributed by atoms with van der Waals surface area (Å²) in [6.07, 6.45) is -6.24. The molecule has 15 heavy (non-hydrogen) atoms. The molecule has 3 nitrogen and oxygen atoms in total. The van der Waals surface area contributed by atoms with Gasteiger partial charge in [-0.25, -0.2) is 26.0 Å². The van der Waals surface area contributed by atoms with Crippen LogP contribution in [-0.4, -0.2) is 33.2 Å². The molecule has 0 aromatic rings. The molecule has 1 aliphatic heterocycles. The lowest BCUT2D eigenvalue weighted by molar-refractivity contribution is 0.124. The third kappa shape index (κ3) is 2.49. The molecule has 0 aromatic carbocycles. The second-order valence-electron chi connectivity index (χ2n) is 2.83. The number of rotatable bonds is 2. The van der Waals surface area contributed by atoms with E-state index in [1.807, 2.05) is 0 Å². The van der Waals surface area contributed by atoms with Gasteiger partial charge in [-0.1, -0.05) is 0 Å². The molecule has 0 spiro atoms. The van der Waals surface area contributed by atoms with Crippen molar-refractivity contribution in [3.05, 3.63) is 22.2 Å². The van der Waals surface area contributed by atoms with E-state index < -0.39 is 34.1 Å². The van der Waals surface area contributed by atoms with Crippen LogP contribution in [0, 0.1) is 0 Å². The molecule has 0 amide bonds. The third-order valence-corrected chi connectivity index (χ3v) is 2.93. The summed E-state index contributed by atoms with van der Waals surface area (Å²) in [7, 11) is -3.17. The molecule has 8 heteroatoms. The summed E-state index contributed by atoms with van der Waals surface area (Å²) in [4.78, 5) is 0.483. The Kier molecular flexibility index (Phi) is 3.08. The van der Waals surface area contributed by atoms with Crippen molar-refractivity contribution in [3.8, 4) is 0 Å². The minimum atomic E-state index is -4.13. The summed E-state index contributed by atoms with van der Waals surface area (Å²) in [5.41, 5.74) is -1.90. The first kappa shape index (κ1) is 12.0. The van der Waals surface area contributed by atoms with E-state index in [1.165, 1.54) is 0 Å². The van der Waals surface area contributed by atoms with Crippen LogP contribution in [0.2, 0.25) is 0 Å². The van der Waals surface area contributed by atoms with Crippen LogP contribution < -0.4 is 0 Å².